The Bertz CT molecular complexity index is 710. The van der Waals surface area contributed by atoms with Crippen LogP contribution in [0.1, 0.15) is 12.8 Å². The van der Waals surface area contributed by atoms with E-state index in [1.54, 1.807) is 17.7 Å². The molecule has 3 rings (SSSR count). The number of hydrogen-bond acceptors (Lipinski definition) is 3. The minimum atomic E-state index is -0.529. The van der Waals surface area contributed by atoms with Gasteiger partial charge in [0.15, 0.2) is 0 Å². The van der Waals surface area contributed by atoms with Crippen molar-refractivity contribution >= 4 is 28.8 Å². The molecule has 1 aliphatic rings. The Balaban J connectivity index is 1.85. The van der Waals surface area contributed by atoms with E-state index < -0.39 is 6.04 Å². The number of fused-ring (bicyclic) bond motifs is 1. The maximum Gasteiger partial charge on any atom is 0.249 e. The van der Waals surface area contributed by atoms with Crippen molar-refractivity contribution in [3.8, 4) is 0 Å². The zero-order valence-electron chi connectivity index (χ0n) is 10.8. The first-order valence-electron chi connectivity index (χ1n) is 6.27. The summed E-state index contributed by atoms with van der Waals surface area (Å²) in [6.07, 6.45) is 0.828. The van der Waals surface area contributed by atoms with Crippen LogP contribution in [0.3, 0.4) is 0 Å². The molecule has 0 aliphatic carbocycles. The van der Waals surface area contributed by atoms with Crippen LogP contribution in [0.2, 0.25) is 0 Å². The Labute approximate surface area is 114 Å². The second-order valence-electron chi connectivity index (χ2n) is 4.78. The number of aryl methyl sites for hydroxylation is 1. The zero-order valence-corrected chi connectivity index (χ0v) is 10.8. The van der Waals surface area contributed by atoms with Crippen molar-refractivity contribution in [2.45, 2.75) is 18.9 Å². The van der Waals surface area contributed by atoms with Gasteiger partial charge in [-0.1, -0.05) is 0 Å². The third-order valence-corrected chi connectivity index (χ3v) is 3.39. The maximum absolute atomic E-state index is 13.1. The van der Waals surface area contributed by atoms with E-state index >= 15 is 0 Å². The highest BCUT2D eigenvalue weighted by atomic mass is 19.1. The van der Waals surface area contributed by atoms with Gasteiger partial charge in [0.05, 0.1) is 11.0 Å². The molecule has 0 radical (unpaired) electrons. The standard InChI is InChI=1S/C13H13FN4O2/c1-18-10-4-2-7(14)6-9(10)16-13(18)17-12(20)8-3-5-11(19)15-8/h2,4,6,8H,3,5H2,1H3,(H,15,19)(H,16,17,20). The first-order valence-corrected chi connectivity index (χ1v) is 6.27. The fourth-order valence-electron chi connectivity index (χ4n) is 2.29. The lowest BCUT2D eigenvalue weighted by Gasteiger charge is -2.10. The van der Waals surface area contributed by atoms with E-state index in [-0.39, 0.29) is 17.6 Å². The SMILES string of the molecule is Cn1c(NC(=O)C2CCC(=O)N2)nc2cc(F)ccc21. The van der Waals surface area contributed by atoms with Crippen molar-refractivity contribution in [2.24, 2.45) is 7.05 Å². The second-order valence-corrected chi connectivity index (χ2v) is 4.78. The number of amides is 2. The van der Waals surface area contributed by atoms with Crippen molar-refractivity contribution < 1.29 is 14.0 Å². The normalized spacial score (nSPS) is 18.3. The van der Waals surface area contributed by atoms with Crippen LogP contribution < -0.4 is 10.6 Å². The number of nitrogens with one attached hydrogen (secondary N) is 2. The Morgan fingerprint density at radius 1 is 1.55 bits per heavy atom. The van der Waals surface area contributed by atoms with Crippen molar-refractivity contribution in [3.05, 3.63) is 24.0 Å². The number of carbonyl (C=O) groups excluding carboxylic acids is 2. The molecular formula is C13H13FN4O2. The van der Waals surface area contributed by atoms with Gasteiger partial charge in [-0.3, -0.25) is 14.9 Å². The summed E-state index contributed by atoms with van der Waals surface area (Å²) in [5.74, 6) is -0.486. The Hall–Kier alpha value is -2.44. The Morgan fingerprint density at radius 2 is 2.35 bits per heavy atom. The first-order chi connectivity index (χ1) is 9.54. The first kappa shape index (κ1) is 12.6. The topological polar surface area (TPSA) is 76.0 Å². The highest BCUT2D eigenvalue weighted by molar-refractivity contribution is 5.99. The summed E-state index contributed by atoms with van der Waals surface area (Å²) < 4.78 is 14.8. The molecule has 0 bridgehead atoms. The number of halogens is 1. The molecular weight excluding hydrogens is 263 g/mol. The number of rotatable bonds is 2. The molecule has 1 unspecified atom stereocenters. The van der Waals surface area contributed by atoms with Crippen LogP contribution in [-0.2, 0) is 16.6 Å². The third-order valence-electron chi connectivity index (χ3n) is 3.39. The molecule has 1 aromatic heterocycles. The smallest absolute Gasteiger partial charge is 0.249 e. The molecule has 0 spiro atoms. The van der Waals surface area contributed by atoms with Crippen LogP contribution >= 0.6 is 0 Å². The summed E-state index contributed by atoms with van der Waals surface area (Å²) in [5, 5.41) is 5.25. The van der Waals surface area contributed by atoms with Gasteiger partial charge in [-0.25, -0.2) is 9.37 Å². The van der Waals surface area contributed by atoms with Gasteiger partial charge in [0, 0.05) is 19.5 Å². The molecule has 0 saturated carbocycles. The van der Waals surface area contributed by atoms with E-state index in [0.717, 1.165) is 5.52 Å². The fourth-order valence-corrected chi connectivity index (χ4v) is 2.29. The lowest BCUT2D eigenvalue weighted by Crippen LogP contribution is -2.37. The highest BCUT2D eigenvalue weighted by Gasteiger charge is 2.28. The molecule has 1 fully saturated rings. The van der Waals surface area contributed by atoms with Gasteiger partial charge in [-0.15, -0.1) is 0 Å². The van der Waals surface area contributed by atoms with Crippen LogP contribution in [0.15, 0.2) is 18.2 Å². The van der Waals surface area contributed by atoms with E-state index in [2.05, 4.69) is 15.6 Å². The summed E-state index contributed by atoms with van der Waals surface area (Å²) in [5.41, 5.74) is 1.19. The average Bonchev–Trinajstić information content (AvgIpc) is 2.95. The largest absolute Gasteiger partial charge is 0.344 e. The minimum absolute atomic E-state index is 0.128. The minimum Gasteiger partial charge on any atom is -0.344 e. The van der Waals surface area contributed by atoms with Crippen LogP contribution in [0, 0.1) is 5.82 Å². The number of aromatic nitrogens is 2. The van der Waals surface area contributed by atoms with Crippen molar-refractivity contribution in [1.82, 2.24) is 14.9 Å². The average molecular weight is 276 g/mol. The third kappa shape index (κ3) is 2.11. The quantitative estimate of drug-likeness (QED) is 0.856. The van der Waals surface area contributed by atoms with Gasteiger partial charge in [0.25, 0.3) is 0 Å². The fraction of sp³-hybridized carbons (Fsp3) is 0.308. The molecule has 1 aromatic carbocycles. The van der Waals surface area contributed by atoms with Crippen molar-refractivity contribution in [2.75, 3.05) is 5.32 Å². The number of nitrogens with zero attached hydrogens (tertiary/aromatic N) is 2. The van der Waals surface area contributed by atoms with Gasteiger partial charge in [-0.2, -0.15) is 0 Å². The predicted molar refractivity (Wildman–Crippen MR) is 70.5 cm³/mol. The summed E-state index contributed by atoms with van der Waals surface area (Å²) in [7, 11) is 1.73. The lowest BCUT2D eigenvalue weighted by molar-refractivity contribution is -0.122. The molecule has 2 heterocycles. The van der Waals surface area contributed by atoms with E-state index in [0.29, 0.717) is 24.3 Å². The molecule has 6 nitrogen and oxygen atoms in total. The Kier molecular flexibility index (Phi) is 2.89. The summed E-state index contributed by atoms with van der Waals surface area (Å²) >= 11 is 0. The number of anilines is 1. The molecule has 20 heavy (non-hydrogen) atoms. The van der Waals surface area contributed by atoms with Gasteiger partial charge in [-0.05, 0) is 18.6 Å². The van der Waals surface area contributed by atoms with Crippen LogP contribution in [0.5, 0.6) is 0 Å². The molecule has 104 valence electrons. The van der Waals surface area contributed by atoms with Crippen LogP contribution in [0.4, 0.5) is 10.3 Å². The van der Waals surface area contributed by atoms with E-state index in [9.17, 15) is 14.0 Å². The maximum atomic E-state index is 13.1. The number of carbonyl (C=O) groups is 2. The molecule has 2 N–H and O–H groups in total. The summed E-state index contributed by atoms with van der Waals surface area (Å²) in [6.45, 7) is 0. The van der Waals surface area contributed by atoms with Gasteiger partial charge >= 0.3 is 0 Å². The molecule has 1 saturated heterocycles. The van der Waals surface area contributed by atoms with E-state index in [1.807, 2.05) is 0 Å². The summed E-state index contributed by atoms with van der Waals surface area (Å²) in [4.78, 5) is 27.3. The molecule has 2 amide bonds. The Morgan fingerprint density at radius 3 is 3.05 bits per heavy atom. The van der Waals surface area contributed by atoms with E-state index in [4.69, 9.17) is 0 Å². The molecule has 2 aromatic rings. The van der Waals surface area contributed by atoms with E-state index in [1.165, 1.54) is 12.1 Å². The van der Waals surface area contributed by atoms with Crippen LogP contribution in [-0.4, -0.2) is 27.4 Å². The van der Waals surface area contributed by atoms with Crippen molar-refractivity contribution in [1.29, 1.82) is 0 Å². The molecule has 1 aliphatic heterocycles. The number of benzene rings is 1. The highest BCUT2D eigenvalue weighted by Crippen LogP contribution is 2.19. The van der Waals surface area contributed by atoms with Gasteiger partial charge < -0.3 is 9.88 Å². The molecule has 1 atom stereocenters. The van der Waals surface area contributed by atoms with Crippen LogP contribution in [0.25, 0.3) is 11.0 Å². The lowest BCUT2D eigenvalue weighted by atomic mass is 10.2. The predicted octanol–water partition coefficient (Wildman–Crippen LogP) is 0.929. The van der Waals surface area contributed by atoms with Gasteiger partial charge in [0.2, 0.25) is 17.8 Å². The zero-order chi connectivity index (χ0) is 14.3. The summed E-state index contributed by atoms with van der Waals surface area (Å²) in [6, 6.07) is 3.72. The van der Waals surface area contributed by atoms with Crippen molar-refractivity contribution in [3.63, 3.8) is 0 Å². The second kappa shape index (κ2) is 4.59. The number of imidazole rings is 1. The number of hydrogen-bond donors (Lipinski definition) is 2. The molecule has 7 heteroatoms. The van der Waals surface area contributed by atoms with Gasteiger partial charge in [0.1, 0.15) is 11.9 Å². The monoisotopic (exact) mass is 276 g/mol.